The second kappa shape index (κ2) is 6.79. The summed E-state index contributed by atoms with van der Waals surface area (Å²) in [5.41, 5.74) is 2.12. The van der Waals surface area contributed by atoms with Gasteiger partial charge >= 0.3 is 0 Å². The number of carbonyl (C=O) groups is 2. The molecule has 0 spiro atoms. The molecule has 3 aliphatic heterocycles. The minimum absolute atomic E-state index is 0.0520. The number of benzene rings is 1. The van der Waals surface area contributed by atoms with Crippen LogP contribution in [0.2, 0.25) is 0 Å². The van der Waals surface area contributed by atoms with Crippen LogP contribution < -0.4 is 15.5 Å². The van der Waals surface area contributed by atoms with Crippen LogP contribution in [0.15, 0.2) is 24.3 Å². The summed E-state index contributed by atoms with van der Waals surface area (Å²) in [6, 6.07) is 9.38. The van der Waals surface area contributed by atoms with E-state index in [0.717, 1.165) is 30.5 Å². The number of hydrogen-bond donors (Lipinski definition) is 2. The lowest BCUT2D eigenvalue weighted by Gasteiger charge is -2.30. The topological polar surface area (TPSA) is 61.4 Å². The van der Waals surface area contributed by atoms with Gasteiger partial charge in [0.05, 0.1) is 5.92 Å². The molecular formula is C20H27N3O2. The number of piperidine rings is 1. The van der Waals surface area contributed by atoms with E-state index in [1.54, 1.807) is 4.90 Å². The third kappa shape index (κ3) is 3.30. The number of anilines is 1. The van der Waals surface area contributed by atoms with Gasteiger partial charge < -0.3 is 15.5 Å². The van der Waals surface area contributed by atoms with Gasteiger partial charge in [-0.05, 0) is 43.7 Å². The van der Waals surface area contributed by atoms with Crippen LogP contribution in [0, 0.1) is 5.92 Å². The van der Waals surface area contributed by atoms with E-state index in [1.807, 2.05) is 18.2 Å². The van der Waals surface area contributed by atoms with Crippen molar-refractivity contribution in [2.75, 3.05) is 11.4 Å². The number of nitrogens with zero attached hydrogens (tertiary/aromatic N) is 1. The molecule has 0 aromatic heterocycles. The zero-order valence-corrected chi connectivity index (χ0v) is 14.8. The lowest BCUT2D eigenvalue weighted by molar-refractivity contribution is -0.127. The summed E-state index contributed by atoms with van der Waals surface area (Å²) in [6.07, 6.45) is 5.69. The molecule has 3 atom stereocenters. The Hall–Kier alpha value is -1.88. The zero-order chi connectivity index (χ0) is 17.4. The van der Waals surface area contributed by atoms with E-state index in [2.05, 4.69) is 23.6 Å². The maximum Gasteiger partial charge on any atom is 0.227 e. The highest BCUT2D eigenvalue weighted by atomic mass is 16.2. The van der Waals surface area contributed by atoms with Crippen LogP contribution >= 0.6 is 0 Å². The maximum absolute atomic E-state index is 12.7. The highest BCUT2D eigenvalue weighted by Crippen LogP contribution is 2.30. The Kier molecular flexibility index (Phi) is 4.50. The molecule has 3 unspecified atom stereocenters. The van der Waals surface area contributed by atoms with Crippen molar-refractivity contribution in [2.45, 2.75) is 63.6 Å². The van der Waals surface area contributed by atoms with Crippen molar-refractivity contribution in [3.05, 3.63) is 29.8 Å². The first-order chi connectivity index (χ1) is 12.1. The van der Waals surface area contributed by atoms with Gasteiger partial charge in [-0.3, -0.25) is 9.59 Å². The average molecular weight is 341 g/mol. The van der Waals surface area contributed by atoms with Gasteiger partial charge in [-0.2, -0.15) is 0 Å². The van der Waals surface area contributed by atoms with Crippen molar-refractivity contribution in [3.8, 4) is 0 Å². The smallest absolute Gasteiger partial charge is 0.227 e. The number of carbonyl (C=O) groups excluding carboxylic acids is 2. The van der Waals surface area contributed by atoms with Gasteiger partial charge in [0.25, 0.3) is 0 Å². The van der Waals surface area contributed by atoms with Gasteiger partial charge in [0.1, 0.15) is 0 Å². The third-order valence-corrected chi connectivity index (χ3v) is 5.98. The van der Waals surface area contributed by atoms with E-state index in [-0.39, 0.29) is 23.8 Å². The Bertz CT molecular complexity index is 663. The van der Waals surface area contributed by atoms with Crippen LogP contribution in [0.3, 0.4) is 0 Å². The molecule has 3 fully saturated rings. The van der Waals surface area contributed by atoms with Gasteiger partial charge in [0.15, 0.2) is 0 Å². The van der Waals surface area contributed by atoms with Gasteiger partial charge in [-0.1, -0.05) is 25.1 Å². The molecule has 0 saturated carbocycles. The summed E-state index contributed by atoms with van der Waals surface area (Å²) in [5, 5.41) is 6.82. The van der Waals surface area contributed by atoms with E-state index < -0.39 is 0 Å². The molecule has 3 aliphatic rings. The molecule has 0 aliphatic carbocycles. The van der Waals surface area contributed by atoms with Crippen LogP contribution in [-0.4, -0.2) is 36.5 Å². The van der Waals surface area contributed by atoms with Gasteiger partial charge in [-0.25, -0.2) is 0 Å². The molecule has 2 amide bonds. The van der Waals surface area contributed by atoms with Crippen molar-refractivity contribution in [1.29, 1.82) is 0 Å². The Balaban J connectivity index is 1.40. The summed E-state index contributed by atoms with van der Waals surface area (Å²) in [4.78, 5) is 27.0. The molecule has 2 bridgehead atoms. The van der Waals surface area contributed by atoms with Crippen LogP contribution in [0.4, 0.5) is 5.69 Å². The largest absolute Gasteiger partial charge is 0.353 e. The van der Waals surface area contributed by atoms with E-state index in [9.17, 15) is 9.59 Å². The number of fused-ring (bicyclic) bond motifs is 2. The van der Waals surface area contributed by atoms with E-state index in [4.69, 9.17) is 0 Å². The summed E-state index contributed by atoms with van der Waals surface area (Å²) in [7, 11) is 0. The fourth-order valence-corrected chi connectivity index (χ4v) is 4.68. The zero-order valence-electron chi connectivity index (χ0n) is 14.8. The first-order valence-electron chi connectivity index (χ1n) is 9.58. The Morgan fingerprint density at radius 2 is 1.96 bits per heavy atom. The highest BCUT2D eigenvalue weighted by molar-refractivity contribution is 6.00. The summed E-state index contributed by atoms with van der Waals surface area (Å²) in [6.45, 7) is 2.59. The molecule has 1 aromatic rings. The monoisotopic (exact) mass is 341 g/mol. The summed E-state index contributed by atoms with van der Waals surface area (Å²) in [5.74, 6) is -0.118. The Labute approximate surface area is 149 Å². The quantitative estimate of drug-likeness (QED) is 0.881. The summed E-state index contributed by atoms with van der Waals surface area (Å²) >= 11 is 0. The molecule has 1 aromatic carbocycles. The van der Waals surface area contributed by atoms with E-state index >= 15 is 0 Å². The number of para-hydroxylation sites is 1. The second-order valence-corrected chi connectivity index (χ2v) is 7.70. The van der Waals surface area contributed by atoms with Crippen LogP contribution in [0.1, 0.15) is 44.6 Å². The van der Waals surface area contributed by atoms with Crippen molar-refractivity contribution in [1.82, 2.24) is 10.6 Å². The fourth-order valence-electron chi connectivity index (χ4n) is 4.68. The predicted molar refractivity (Wildman–Crippen MR) is 97.4 cm³/mol. The number of amides is 2. The van der Waals surface area contributed by atoms with Crippen molar-refractivity contribution >= 4 is 17.5 Å². The average Bonchev–Trinajstić information content (AvgIpc) is 3.17. The van der Waals surface area contributed by atoms with Crippen LogP contribution in [-0.2, 0) is 16.0 Å². The molecule has 3 saturated heterocycles. The first kappa shape index (κ1) is 16.6. The van der Waals surface area contributed by atoms with Crippen molar-refractivity contribution < 1.29 is 9.59 Å². The molecule has 2 N–H and O–H groups in total. The first-order valence-corrected chi connectivity index (χ1v) is 9.58. The fraction of sp³-hybridized carbons (Fsp3) is 0.600. The van der Waals surface area contributed by atoms with Gasteiger partial charge in [0, 0.05) is 36.8 Å². The number of nitrogens with one attached hydrogen (secondary N) is 2. The van der Waals surface area contributed by atoms with Gasteiger partial charge in [0.2, 0.25) is 11.8 Å². The Morgan fingerprint density at radius 3 is 2.68 bits per heavy atom. The van der Waals surface area contributed by atoms with Gasteiger partial charge in [-0.15, -0.1) is 0 Å². The minimum atomic E-state index is -0.232. The molecular weight excluding hydrogens is 314 g/mol. The number of rotatable bonds is 4. The van der Waals surface area contributed by atoms with E-state index in [0.29, 0.717) is 25.0 Å². The number of hydrogen-bond acceptors (Lipinski definition) is 3. The van der Waals surface area contributed by atoms with Crippen LogP contribution in [0.25, 0.3) is 0 Å². The summed E-state index contributed by atoms with van der Waals surface area (Å²) < 4.78 is 0. The maximum atomic E-state index is 12.7. The van der Waals surface area contributed by atoms with Crippen LogP contribution in [0.5, 0.6) is 0 Å². The molecule has 4 rings (SSSR count). The molecule has 134 valence electrons. The van der Waals surface area contributed by atoms with Crippen molar-refractivity contribution in [3.63, 3.8) is 0 Å². The Morgan fingerprint density at radius 1 is 1.24 bits per heavy atom. The second-order valence-electron chi connectivity index (χ2n) is 7.70. The third-order valence-electron chi connectivity index (χ3n) is 5.98. The lowest BCUT2D eigenvalue weighted by atomic mass is 9.98. The molecule has 5 heteroatoms. The molecule has 0 radical (unpaired) electrons. The lowest BCUT2D eigenvalue weighted by Crippen LogP contribution is -2.49. The molecule has 5 nitrogen and oxygen atoms in total. The normalized spacial score (nSPS) is 31.4. The van der Waals surface area contributed by atoms with Crippen molar-refractivity contribution in [2.24, 2.45) is 5.92 Å². The number of aryl methyl sites for hydroxylation is 1. The molecule has 25 heavy (non-hydrogen) atoms. The predicted octanol–water partition coefficient (Wildman–Crippen LogP) is 2.00. The molecule has 3 heterocycles. The van der Waals surface area contributed by atoms with E-state index in [1.165, 1.54) is 12.8 Å². The highest BCUT2D eigenvalue weighted by Gasteiger charge is 2.38. The minimum Gasteiger partial charge on any atom is -0.353 e. The standard InChI is InChI=1S/C20H27N3O2/c1-2-13-5-3-4-6-18(13)23-12-14(9-19(23)24)20(25)22-17-10-15-7-8-16(11-17)21-15/h3-6,14-17,21H,2,7-12H2,1H3,(H,22,25). The SMILES string of the molecule is CCc1ccccc1N1CC(C(=O)NC2CC3CCC(C2)N3)CC1=O.